The second-order valence-corrected chi connectivity index (χ2v) is 5.97. The van der Waals surface area contributed by atoms with Crippen molar-refractivity contribution in [1.82, 2.24) is 0 Å². The van der Waals surface area contributed by atoms with Crippen molar-refractivity contribution in [3.8, 4) is 11.5 Å². The highest BCUT2D eigenvalue weighted by atomic mass is 16.6. The predicted molar refractivity (Wildman–Crippen MR) is 110 cm³/mol. The highest BCUT2D eigenvalue weighted by Gasteiger charge is 2.20. The summed E-state index contributed by atoms with van der Waals surface area (Å²) in [6.45, 7) is 1.44. The molecule has 11 nitrogen and oxygen atoms in total. The number of ether oxygens (including phenoxy) is 1. The van der Waals surface area contributed by atoms with E-state index in [0.29, 0.717) is 17.7 Å². The van der Waals surface area contributed by atoms with E-state index in [0.717, 1.165) is 18.2 Å². The summed E-state index contributed by atoms with van der Waals surface area (Å²) in [4.78, 5) is 20.7. The van der Waals surface area contributed by atoms with Crippen LogP contribution in [0.4, 0.5) is 17.1 Å². The molecule has 0 atom stereocenters. The van der Waals surface area contributed by atoms with Crippen molar-refractivity contribution in [2.75, 3.05) is 19.1 Å². The Morgan fingerprint density at radius 2 is 1.93 bits per heavy atom. The number of methoxy groups -OCH3 is 1. The van der Waals surface area contributed by atoms with Crippen LogP contribution in [-0.2, 0) is 0 Å². The van der Waals surface area contributed by atoms with Crippen LogP contribution in [-0.4, -0.2) is 39.5 Å². The van der Waals surface area contributed by atoms with E-state index in [1.165, 1.54) is 19.2 Å². The van der Waals surface area contributed by atoms with E-state index < -0.39 is 27.8 Å². The average Bonchev–Trinajstić information content (AvgIpc) is 2.73. The largest absolute Gasteiger partial charge is 0.507 e. The summed E-state index contributed by atoms with van der Waals surface area (Å²) in [7, 11) is 1.44. The van der Waals surface area contributed by atoms with E-state index in [-0.39, 0.29) is 22.7 Å². The fourth-order valence-electron chi connectivity index (χ4n) is 2.62. The van der Waals surface area contributed by atoms with Crippen LogP contribution in [0.1, 0.15) is 18.9 Å². The Kier molecular flexibility index (Phi) is 7.42. The minimum absolute atomic E-state index is 0.0927. The third-order valence-corrected chi connectivity index (χ3v) is 4.06. The Bertz CT molecular complexity index is 1020. The zero-order valence-electron chi connectivity index (χ0n) is 16.2. The van der Waals surface area contributed by atoms with Gasteiger partial charge in [0, 0.05) is 23.3 Å². The lowest BCUT2D eigenvalue weighted by atomic mass is 10.0. The molecule has 11 heteroatoms. The van der Waals surface area contributed by atoms with E-state index in [2.05, 4.69) is 10.5 Å². The Labute approximate surface area is 171 Å². The maximum absolute atomic E-state index is 11.3. The van der Waals surface area contributed by atoms with Crippen molar-refractivity contribution in [3.63, 3.8) is 0 Å². The van der Waals surface area contributed by atoms with Gasteiger partial charge in [0.25, 0.3) is 5.69 Å². The van der Waals surface area contributed by atoms with Crippen LogP contribution in [0.5, 0.6) is 11.5 Å². The van der Waals surface area contributed by atoms with Gasteiger partial charge in [-0.1, -0.05) is 13.0 Å². The fourth-order valence-corrected chi connectivity index (χ4v) is 2.62. The van der Waals surface area contributed by atoms with Crippen molar-refractivity contribution >= 4 is 22.8 Å². The van der Waals surface area contributed by atoms with E-state index >= 15 is 0 Å². The zero-order chi connectivity index (χ0) is 22.3. The lowest BCUT2D eigenvalue weighted by Gasteiger charge is -2.13. The van der Waals surface area contributed by atoms with E-state index in [9.17, 15) is 30.4 Å². The second kappa shape index (κ2) is 9.98. The molecular formula is C19H20N4O7. The van der Waals surface area contributed by atoms with Gasteiger partial charge in [-0.2, -0.15) is 5.10 Å². The molecule has 0 fully saturated rings. The number of anilines is 1. The minimum Gasteiger partial charge on any atom is -0.507 e. The van der Waals surface area contributed by atoms with Crippen molar-refractivity contribution in [3.05, 3.63) is 73.8 Å². The Morgan fingerprint density at radius 3 is 2.47 bits per heavy atom. The van der Waals surface area contributed by atoms with Gasteiger partial charge in [0.15, 0.2) is 0 Å². The van der Waals surface area contributed by atoms with Crippen LogP contribution in [0.3, 0.4) is 0 Å². The summed E-state index contributed by atoms with van der Waals surface area (Å²) in [5.41, 5.74) is 2.21. The van der Waals surface area contributed by atoms with Gasteiger partial charge >= 0.3 is 5.69 Å². The van der Waals surface area contributed by atoms with Crippen LogP contribution >= 0.6 is 0 Å². The number of nitrogens with zero attached hydrogens (tertiary/aromatic N) is 3. The van der Waals surface area contributed by atoms with E-state index in [4.69, 9.17) is 4.74 Å². The third-order valence-electron chi connectivity index (χ3n) is 4.06. The smallest absolute Gasteiger partial charge is 0.301 e. The normalized spacial score (nSPS) is 11.8. The lowest BCUT2D eigenvalue weighted by molar-refractivity contribution is -0.393. The number of hydrogen-bond acceptors (Lipinski definition) is 9. The number of hydrazone groups is 1. The van der Waals surface area contributed by atoms with Crippen molar-refractivity contribution in [2.24, 2.45) is 5.10 Å². The van der Waals surface area contributed by atoms with Gasteiger partial charge < -0.3 is 14.9 Å². The van der Waals surface area contributed by atoms with Gasteiger partial charge in [-0.3, -0.25) is 25.7 Å². The first-order valence-corrected chi connectivity index (χ1v) is 8.76. The van der Waals surface area contributed by atoms with Crippen molar-refractivity contribution in [2.45, 2.75) is 13.3 Å². The van der Waals surface area contributed by atoms with Gasteiger partial charge in [0.2, 0.25) is 0 Å². The number of nitro groups is 2. The van der Waals surface area contributed by atoms with E-state index in [1.54, 1.807) is 12.1 Å². The van der Waals surface area contributed by atoms with Crippen molar-refractivity contribution in [1.29, 1.82) is 0 Å². The maximum atomic E-state index is 11.3. The molecule has 2 aromatic rings. The van der Waals surface area contributed by atoms with Crippen molar-refractivity contribution < 1.29 is 24.8 Å². The first-order valence-electron chi connectivity index (χ1n) is 8.76. The monoisotopic (exact) mass is 416 g/mol. The van der Waals surface area contributed by atoms with Crippen LogP contribution in [0.25, 0.3) is 0 Å². The zero-order valence-corrected chi connectivity index (χ0v) is 16.2. The summed E-state index contributed by atoms with van der Waals surface area (Å²) < 4.78 is 5.06. The van der Waals surface area contributed by atoms with Gasteiger partial charge in [0.1, 0.15) is 17.2 Å². The SMILES string of the molecule is CC/C=C(CO)/C(=N/Nc1ccc([N+](=O)[O-])cc1[N+](=O)[O-])c1ccc(OC)cc1O. The number of allylic oxidation sites excluding steroid dienone is 1. The number of hydrogen-bond donors (Lipinski definition) is 3. The maximum Gasteiger partial charge on any atom is 0.301 e. The van der Waals surface area contributed by atoms with Crippen LogP contribution < -0.4 is 10.2 Å². The number of nitrogens with one attached hydrogen (secondary N) is 1. The Balaban J connectivity index is 2.57. The predicted octanol–water partition coefficient (Wildman–Crippen LogP) is 3.36. The molecule has 158 valence electrons. The molecule has 0 saturated heterocycles. The quantitative estimate of drug-likeness (QED) is 0.318. The van der Waals surface area contributed by atoms with Gasteiger partial charge in [0.05, 0.1) is 35.3 Å². The van der Waals surface area contributed by atoms with E-state index in [1.807, 2.05) is 6.92 Å². The molecule has 0 aliphatic carbocycles. The lowest BCUT2D eigenvalue weighted by Crippen LogP contribution is -2.12. The summed E-state index contributed by atoms with van der Waals surface area (Å²) in [6.07, 6.45) is 2.25. The standard InChI is InChI=1S/C19H20N4O7/c1-3-4-12(11-24)19(15-7-6-14(30-2)10-18(15)25)21-20-16-8-5-13(22(26)27)9-17(16)23(28)29/h4-10,20,24-25H,3,11H2,1-2H3/b12-4+,21-19-. The molecule has 0 aromatic heterocycles. The first kappa shape index (κ1) is 22.3. The molecule has 0 radical (unpaired) electrons. The average molecular weight is 416 g/mol. The number of phenols is 1. The molecule has 0 bridgehead atoms. The fraction of sp³-hybridized carbons (Fsp3) is 0.211. The van der Waals surface area contributed by atoms with Gasteiger partial charge in [-0.05, 0) is 24.6 Å². The molecule has 0 spiro atoms. The molecule has 0 aliphatic rings. The highest BCUT2D eigenvalue weighted by molar-refractivity contribution is 6.14. The van der Waals surface area contributed by atoms with Gasteiger partial charge in [-0.15, -0.1) is 0 Å². The molecule has 3 N–H and O–H groups in total. The Morgan fingerprint density at radius 1 is 1.20 bits per heavy atom. The number of aliphatic hydroxyl groups is 1. The van der Waals surface area contributed by atoms with Crippen LogP contribution in [0.2, 0.25) is 0 Å². The molecule has 2 rings (SSSR count). The summed E-state index contributed by atoms with van der Waals surface area (Å²) in [5.74, 6) is 0.225. The molecule has 0 amide bonds. The molecular weight excluding hydrogens is 396 g/mol. The molecule has 0 saturated carbocycles. The number of aliphatic hydroxyl groups excluding tert-OH is 1. The summed E-state index contributed by atoms with van der Waals surface area (Å²) >= 11 is 0. The minimum atomic E-state index is -0.774. The highest BCUT2D eigenvalue weighted by Crippen LogP contribution is 2.30. The number of non-ortho nitro benzene ring substituents is 1. The molecule has 30 heavy (non-hydrogen) atoms. The number of phenolic OH excluding ortho intramolecular Hbond substituents is 1. The molecule has 0 aliphatic heterocycles. The number of rotatable bonds is 9. The second-order valence-electron chi connectivity index (χ2n) is 5.97. The molecule has 0 heterocycles. The molecule has 0 unspecified atom stereocenters. The topological polar surface area (TPSA) is 160 Å². The molecule has 2 aromatic carbocycles. The number of aromatic hydroxyl groups is 1. The number of benzene rings is 2. The third kappa shape index (κ3) is 5.08. The van der Waals surface area contributed by atoms with Crippen LogP contribution in [0, 0.1) is 20.2 Å². The van der Waals surface area contributed by atoms with Crippen LogP contribution in [0.15, 0.2) is 53.1 Å². The first-order chi connectivity index (χ1) is 14.3. The Hall–Kier alpha value is -3.99. The number of nitro benzene ring substituents is 2. The summed E-state index contributed by atoms with van der Waals surface area (Å²) in [5, 5.41) is 46.5. The van der Waals surface area contributed by atoms with Gasteiger partial charge in [-0.25, -0.2) is 0 Å². The summed E-state index contributed by atoms with van der Waals surface area (Å²) in [6, 6.07) is 7.55.